The summed E-state index contributed by atoms with van der Waals surface area (Å²) < 4.78 is 4.37. The molecule has 156 valence electrons. The third kappa shape index (κ3) is 3.78. The predicted molar refractivity (Wildman–Crippen MR) is 118 cm³/mol. The number of hydrogen-bond donors (Lipinski definition) is 1. The smallest absolute Gasteiger partial charge is 0.350 e. The van der Waals surface area contributed by atoms with E-state index in [1.165, 1.54) is 20.3 Å². The maximum absolute atomic E-state index is 13.1. The van der Waals surface area contributed by atoms with Gasteiger partial charge in [-0.15, -0.1) is 16.4 Å². The molecule has 0 atom stereocenters. The highest BCUT2D eigenvalue weighted by Gasteiger charge is 2.21. The van der Waals surface area contributed by atoms with E-state index in [0.29, 0.717) is 15.2 Å². The van der Waals surface area contributed by atoms with Crippen LogP contribution in [0.2, 0.25) is 5.02 Å². The van der Waals surface area contributed by atoms with Crippen LogP contribution in [0.1, 0.15) is 26.3 Å². The van der Waals surface area contributed by atoms with E-state index >= 15 is 0 Å². The van der Waals surface area contributed by atoms with Crippen molar-refractivity contribution in [2.24, 2.45) is 0 Å². The first-order chi connectivity index (χ1) is 14.1. The highest BCUT2D eigenvalue weighted by Crippen LogP contribution is 2.18. The fourth-order valence-electron chi connectivity index (χ4n) is 3.25. The predicted octanol–water partition coefficient (Wildman–Crippen LogP) is 2.49. The van der Waals surface area contributed by atoms with E-state index in [-0.39, 0.29) is 30.3 Å². The van der Waals surface area contributed by atoms with E-state index in [0.717, 1.165) is 10.2 Å². The quantitative estimate of drug-likeness (QED) is 0.522. The van der Waals surface area contributed by atoms with E-state index < -0.39 is 11.2 Å². The fraction of sp³-hybridized carbons (Fsp3) is 0.300. The van der Waals surface area contributed by atoms with E-state index in [1.54, 1.807) is 23.6 Å². The molecule has 8 nitrogen and oxygen atoms in total. The zero-order valence-corrected chi connectivity index (χ0v) is 18.3. The lowest BCUT2D eigenvalue weighted by molar-refractivity contribution is -0.123. The summed E-state index contributed by atoms with van der Waals surface area (Å²) in [5.74, 6) is -0.143. The number of benzene rings is 1. The van der Waals surface area contributed by atoms with Gasteiger partial charge in [-0.1, -0.05) is 23.7 Å². The highest BCUT2D eigenvalue weighted by molar-refractivity contribution is 7.17. The molecule has 0 spiro atoms. The molecule has 1 N–H and O–H groups in total. The number of aromatic nitrogens is 4. The number of carbonyl (C=O) groups is 1. The van der Waals surface area contributed by atoms with Crippen LogP contribution in [-0.4, -0.2) is 30.2 Å². The van der Waals surface area contributed by atoms with Crippen molar-refractivity contribution < 1.29 is 4.79 Å². The Balaban J connectivity index is 1.87. The summed E-state index contributed by atoms with van der Waals surface area (Å²) in [6, 6.07) is 8.82. The Morgan fingerprint density at radius 1 is 1.17 bits per heavy atom. The molecule has 0 aliphatic heterocycles. The summed E-state index contributed by atoms with van der Waals surface area (Å²) in [5.41, 5.74) is 0.185. The molecule has 3 aromatic heterocycles. The first-order valence-electron chi connectivity index (χ1n) is 9.29. The maximum Gasteiger partial charge on any atom is 0.352 e. The lowest BCUT2D eigenvalue weighted by Gasteiger charge is -2.20. The molecule has 4 rings (SSSR count). The first kappa shape index (κ1) is 20.4. The normalized spacial score (nSPS) is 12.0. The van der Waals surface area contributed by atoms with Gasteiger partial charge in [-0.25, -0.2) is 13.9 Å². The molecule has 10 heteroatoms. The summed E-state index contributed by atoms with van der Waals surface area (Å²) in [7, 11) is 0. The lowest BCUT2D eigenvalue weighted by atomic mass is 10.1. The molecule has 0 saturated carbocycles. The van der Waals surface area contributed by atoms with Crippen LogP contribution >= 0.6 is 22.9 Å². The molecule has 1 aromatic carbocycles. The minimum atomic E-state index is -0.470. The zero-order chi connectivity index (χ0) is 21.6. The second-order valence-electron chi connectivity index (χ2n) is 8.03. The van der Waals surface area contributed by atoms with Crippen LogP contribution in [0.4, 0.5) is 0 Å². The summed E-state index contributed by atoms with van der Waals surface area (Å²) in [4.78, 5) is 38.5. The lowest BCUT2D eigenvalue weighted by Crippen LogP contribution is -2.43. The minimum Gasteiger partial charge on any atom is -0.350 e. The molecule has 0 bridgehead atoms. The van der Waals surface area contributed by atoms with Gasteiger partial charge in [-0.2, -0.15) is 0 Å². The van der Waals surface area contributed by atoms with Gasteiger partial charge in [-0.3, -0.25) is 14.2 Å². The summed E-state index contributed by atoms with van der Waals surface area (Å²) in [6.45, 7) is 5.55. The van der Waals surface area contributed by atoms with E-state index in [2.05, 4.69) is 10.4 Å². The van der Waals surface area contributed by atoms with Crippen LogP contribution in [0.3, 0.4) is 0 Å². The van der Waals surface area contributed by atoms with Gasteiger partial charge in [0.25, 0.3) is 5.56 Å². The van der Waals surface area contributed by atoms with E-state index in [9.17, 15) is 14.4 Å². The number of hydrogen-bond acceptors (Lipinski definition) is 5. The van der Waals surface area contributed by atoms with Crippen molar-refractivity contribution in [3.05, 3.63) is 67.1 Å². The van der Waals surface area contributed by atoms with Crippen molar-refractivity contribution in [2.45, 2.75) is 39.4 Å². The molecule has 1 amide bonds. The van der Waals surface area contributed by atoms with Crippen molar-refractivity contribution in [3.63, 3.8) is 0 Å². The van der Waals surface area contributed by atoms with Crippen molar-refractivity contribution in [1.29, 1.82) is 0 Å². The Bertz CT molecular complexity index is 1370. The third-order valence-corrected chi connectivity index (χ3v) is 5.59. The Labute approximate surface area is 180 Å². The zero-order valence-electron chi connectivity index (χ0n) is 16.7. The van der Waals surface area contributed by atoms with Crippen molar-refractivity contribution in [2.75, 3.05) is 0 Å². The molecular weight excluding hydrogens is 426 g/mol. The molecular formula is C20H20ClN5O3S. The molecule has 0 fully saturated rings. The van der Waals surface area contributed by atoms with Gasteiger partial charge >= 0.3 is 5.69 Å². The molecule has 3 heterocycles. The summed E-state index contributed by atoms with van der Waals surface area (Å²) in [6.07, 6.45) is 0. The number of fused-ring (bicyclic) bond motifs is 3. The van der Waals surface area contributed by atoms with Gasteiger partial charge in [0, 0.05) is 10.6 Å². The molecule has 0 aliphatic carbocycles. The second-order valence-corrected chi connectivity index (χ2v) is 9.38. The topological polar surface area (TPSA) is 90.4 Å². The molecule has 30 heavy (non-hydrogen) atoms. The van der Waals surface area contributed by atoms with Gasteiger partial charge in [0.15, 0.2) is 0 Å². The summed E-state index contributed by atoms with van der Waals surface area (Å²) in [5, 5.41) is 9.50. The van der Waals surface area contributed by atoms with Gasteiger partial charge in [0.1, 0.15) is 11.2 Å². The number of halogens is 1. The average molecular weight is 446 g/mol. The van der Waals surface area contributed by atoms with Crippen molar-refractivity contribution in [1.82, 2.24) is 24.1 Å². The molecule has 0 aliphatic rings. The van der Waals surface area contributed by atoms with Gasteiger partial charge in [0.2, 0.25) is 11.7 Å². The standard InChI is InChI=1S/C20H20ClN5O3S/c1-20(2,3)22-15(27)11-25-19(29)26-14-8-9-30-16(14)17(28)24(18(26)23-25)10-12-4-6-13(21)7-5-12/h4-9H,10-11H2,1-3H3,(H,22,27). The second kappa shape index (κ2) is 7.41. The average Bonchev–Trinajstić information content (AvgIpc) is 3.24. The van der Waals surface area contributed by atoms with E-state index in [1.807, 2.05) is 32.9 Å². The largest absolute Gasteiger partial charge is 0.352 e. The van der Waals surface area contributed by atoms with Crippen molar-refractivity contribution >= 4 is 44.8 Å². The number of thiophene rings is 1. The number of nitrogens with zero attached hydrogens (tertiary/aromatic N) is 4. The van der Waals surface area contributed by atoms with Crippen LogP contribution < -0.4 is 16.6 Å². The van der Waals surface area contributed by atoms with Crippen LogP contribution in [0.5, 0.6) is 0 Å². The molecule has 0 unspecified atom stereocenters. The highest BCUT2D eigenvalue weighted by atomic mass is 35.5. The van der Waals surface area contributed by atoms with Crippen molar-refractivity contribution in [3.8, 4) is 0 Å². The van der Waals surface area contributed by atoms with Gasteiger partial charge in [-0.05, 0) is 49.9 Å². The molecule has 4 aromatic rings. The fourth-order valence-corrected chi connectivity index (χ4v) is 4.20. The monoisotopic (exact) mass is 445 g/mol. The van der Waals surface area contributed by atoms with Crippen LogP contribution in [0, 0.1) is 0 Å². The van der Waals surface area contributed by atoms with E-state index in [4.69, 9.17) is 11.6 Å². The van der Waals surface area contributed by atoms with Crippen LogP contribution in [-0.2, 0) is 17.9 Å². The number of amides is 1. The SMILES string of the molecule is CC(C)(C)NC(=O)Cn1nc2n(Cc3ccc(Cl)cc3)c(=O)c3sccc3n2c1=O. The number of rotatable bonds is 4. The summed E-state index contributed by atoms with van der Waals surface area (Å²) >= 11 is 7.22. The maximum atomic E-state index is 13.1. The third-order valence-electron chi connectivity index (χ3n) is 4.45. The first-order valence-corrected chi connectivity index (χ1v) is 10.5. The Morgan fingerprint density at radius 2 is 1.87 bits per heavy atom. The Hall–Kier alpha value is -2.91. The van der Waals surface area contributed by atoms with Crippen LogP contribution in [0.25, 0.3) is 16.0 Å². The Kier molecular flexibility index (Phi) is 5.03. The van der Waals surface area contributed by atoms with Gasteiger partial charge < -0.3 is 5.32 Å². The molecule has 0 saturated heterocycles. The Morgan fingerprint density at radius 3 is 2.53 bits per heavy atom. The number of nitrogens with one attached hydrogen (secondary N) is 1. The molecule has 0 radical (unpaired) electrons. The van der Waals surface area contributed by atoms with Gasteiger partial charge in [0.05, 0.1) is 12.1 Å². The number of carbonyl (C=O) groups excluding carboxylic acids is 1. The van der Waals surface area contributed by atoms with Crippen LogP contribution in [0.15, 0.2) is 45.3 Å². The minimum absolute atomic E-state index is 0.189.